The van der Waals surface area contributed by atoms with Crippen LogP contribution in [0.4, 0.5) is 0 Å². The van der Waals surface area contributed by atoms with Gasteiger partial charge in [-0.2, -0.15) is 0 Å². The third-order valence-corrected chi connectivity index (χ3v) is 8.68. The van der Waals surface area contributed by atoms with E-state index in [0.717, 1.165) is 39.0 Å². The smallest absolute Gasteiger partial charge is 0.271 e. The largest absolute Gasteiger partial charge is 0.272 e. The average Bonchev–Trinajstić information content (AvgIpc) is 3.22. The topological polar surface area (TPSA) is 34.4 Å². The zero-order valence-electron chi connectivity index (χ0n) is 21.9. The Morgan fingerprint density at radius 1 is 0.865 bits per heavy atom. The van der Waals surface area contributed by atoms with E-state index >= 15 is 0 Å². The summed E-state index contributed by atoms with van der Waals surface area (Å²) in [4.78, 5) is 19.8. The highest BCUT2D eigenvalue weighted by molar-refractivity contribution is 7.07. The Morgan fingerprint density at radius 3 is 2.19 bits per heavy atom. The molecule has 1 aliphatic carbocycles. The number of rotatable bonds is 4. The lowest BCUT2D eigenvalue weighted by Crippen LogP contribution is -2.38. The Morgan fingerprint density at radius 2 is 1.51 bits per heavy atom. The zero-order chi connectivity index (χ0) is 25.7. The van der Waals surface area contributed by atoms with E-state index in [2.05, 4.69) is 100 Å². The molecule has 2 aliphatic rings. The van der Waals surface area contributed by atoms with Gasteiger partial charge in [-0.15, -0.1) is 0 Å². The molecule has 0 amide bonds. The third kappa shape index (κ3) is 4.23. The monoisotopic (exact) mass is 504 g/mol. The predicted octanol–water partition coefficient (Wildman–Crippen LogP) is 6.57. The molecule has 0 spiro atoms. The molecule has 0 saturated heterocycles. The molecule has 6 rings (SSSR count). The number of nitrogens with zero attached hydrogens (tertiary/aromatic N) is 2. The molecular formula is C33H32N2OS. The van der Waals surface area contributed by atoms with Gasteiger partial charge < -0.3 is 0 Å². The van der Waals surface area contributed by atoms with Gasteiger partial charge in [-0.05, 0) is 64.1 Å². The second kappa shape index (κ2) is 9.42. The van der Waals surface area contributed by atoms with Crippen molar-refractivity contribution in [2.24, 2.45) is 4.99 Å². The maximum absolute atomic E-state index is 13.9. The number of allylic oxidation sites excluding steroid dienone is 1. The first-order valence-electron chi connectivity index (χ1n) is 13.2. The molecule has 1 aromatic heterocycles. The van der Waals surface area contributed by atoms with Crippen molar-refractivity contribution < 1.29 is 0 Å². The second-order valence-corrected chi connectivity index (χ2v) is 11.8. The summed E-state index contributed by atoms with van der Waals surface area (Å²) in [5.41, 5.74) is 9.68. The van der Waals surface area contributed by atoms with E-state index in [-0.39, 0.29) is 11.6 Å². The standard InChI is InChI=1S/C33H32N2OS/c1-20(2)23-11-9-22(10-12-23)19-29-32(36)35-31(26-15-13-24(14-16-26)21(3)4)28-18-17-25-7-5-6-8-27(25)30(28)34-33(35)37-29/h5-16,19-21,31H,17-18H2,1-4H3. The number of aryl methyl sites for hydroxylation is 1. The number of benzene rings is 3. The van der Waals surface area contributed by atoms with E-state index in [1.807, 2.05) is 10.6 Å². The van der Waals surface area contributed by atoms with Crippen LogP contribution in [0.25, 0.3) is 11.8 Å². The number of thiazole rings is 1. The van der Waals surface area contributed by atoms with E-state index in [9.17, 15) is 4.79 Å². The van der Waals surface area contributed by atoms with Crippen molar-refractivity contribution in [3.8, 4) is 0 Å². The highest BCUT2D eigenvalue weighted by atomic mass is 32.1. The highest BCUT2D eigenvalue weighted by Gasteiger charge is 2.32. The molecule has 37 heavy (non-hydrogen) atoms. The van der Waals surface area contributed by atoms with Gasteiger partial charge in [0.2, 0.25) is 0 Å². The Labute approximate surface area is 222 Å². The van der Waals surface area contributed by atoms with Crippen LogP contribution in [0.3, 0.4) is 0 Å². The van der Waals surface area contributed by atoms with Crippen LogP contribution in [-0.2, 0) is 6.42 Å². The van der Waals surface area contributed by atoms with E-state index in [0.29, 0.717) is 11.8 Å². The zero-order valence-corrected chi connectivity index (χ0v) is 22.7. The normalized spacial score (nSPS) is 17.0. The molecule has 0 fully saturated rings. The third-order valence-electron chi connectivity index (χ3n) is 7.69. The van der Waals surface area contributed by atoms with E-state index in [4.69, 9.17) is 4.99 Å². The van der Waals surface area contributed by atoms with Crippen LogP contribution in [0.5, 0.6) is 0 Å². The molecule has 186 valence electrons. The highest BCUT2D eigenvalue weighted by Crippen LogP contribution is 2.41. The van der Waals surface area contributed by atoms with Crippen molar-refractivity contribution >= 4 is 23.1 Å². The minimum atomic E-state index is -0.133. The van der Waals surface area contributed by atoms with Gasteiger partial charge >= 0.3 is 0 Å². The van der Waals surface area contributed by atoms with Crippen molar-refractivity contribution in [1.29, 1.82) is 0 Å². The maximum Gasteiger partial charge on any atom is 0.271 e. The number of fused-ring (bicyclic) bond motifs is 3. The number of hydrogen-bond acceptors (Lipinski definition) is 3. The fraction of sp³-hybridized carbons (Fsp3) is 0.273. The Bertz CT molecular complexity index is 1680. The SMILES string of the molecule is CC(C)c1ccc(C=c2sc3n(c2=O)C(c2ccc(C(C)C)cc2)C2=C(N=3)c3ccccc3CC2)cc1. The maximum atomic E-state index is 13.9. The van der Waals surface area contributed by atoms with Gasteiger partial charge in [0.05, 0.1) is 16.3 Å². The molecule has 0 N–H and O–H groups in total. The summed E-state index contributed by atoms with van der Waals surface area (Å²) in [5.74, 6) is 0.949. The molecule has 3 aromatic carbocycles. The van der Waals surface area contributed by atoms with Crippen LogP contribution < -0.4 is 14.9 Å². The molecule has 0 saturated carbocycles. The predicted molar refractivity (Wildman–Crippen MR) is 154 cm³/mol. The Hall–Kier alpha value is -3.50. The summed E-state index contributed by atoms with van der Waals surface area (Å²) >= 11 is 1.50. The van der Waals surface area contributed by atoms with E-state index in [1.54, 1.807) is 0 Å². The molecule has 4 aromatic rings. The van der Waals surface area contributed by atoms with E-state index < -0.39 is 0 Å². The first-order chi connectivity index (χ1) is 17.9. The lowest BCUT2D eigenvalue weighted by atomic mass is 9.83. The van der Waals surface area contributed by atoms with E-state index in [1.165, 1.54) is 39.2 Å². The Balaban J connectivity index is 1.55. The number of aromatic nitrogens is 1. The minimum Gasteiger partial charge on any atom is -0.272 e. The summed E-state index contributed by atoms with van der Waals surface area (Å²) in [5, 5.41) is 0. The van der Waals surface area contributed by atoms with Crippen LogP contribution in [0.2, 0.25) is 0 Å². The lowest BCUT2D eigenvalue weighted by Gasteiger charge is -2.31. The van der Waals surface area contributed by atoms with Crippen LogP contribution in [0.1, 0.15) is 85.4 Å². The fourth-order valence-electron chi connectivity index (χ4n) is 5.51. The second-order valence-electron chi connectivity index (χ2n) is 10.8. The molecule has 1 unspecified atom stereocenters. The van der Waals surface area contributed by atoms with Gasteiger partial charge in [0.1, 0.15) is 0 Å². The summed E-state index contributed by atoms with van der Waals surface area (Å²) in [6, 6.07) is 25.8. The van der Waals surface area contributed by atoms with Crippen molar-refractivity contribution in [3.63, 3.8) is 0 Å². The summed E-state index contributed by atoms with van der Waals surface area (Å²) in [7, 11) is 0. The quantitative estimate of drug-likeness (QED) is 0.310. The summed E-state index contributed by atoms with van der Waals surface area (Å²) in [6.07, 6.45) is 3.90. The molecule has 3 nitrogen and oxygen atoms in total. The van der Waals surface area contributed by atoms with Gasteiger partial charge in [-0.1, -0.05) is 112 Å². The Kier molecular flexibility index (Phi) is 6.08. The molecule has 1 aliphatic heterocycles. The van der Waals surface area contributed by atoms with Gasteiger partial charge in [0.25, 0.3) is 5.56 Å². The molecule has 0 radical (unpaired) electrons. The van der Waals surface area contributed by atoms with Crippen LogP contribution in [0, 0.1) is 0 Å². The molecule has 2 heterocycles. The van der Waals surface area contributed by atoms with Gasteiger partial charge in [-0.3, -0.25) is 9.36 Å². The fourth-order valence-corrected chi connectivity index (χ4v) is 6.52. The first-order valence-corrected chi connectivity index (χ1v) is 14.1. The van der Waals surface area contributed by atoms with Crippen LogP contribution >= 0.6 is 11.3 Å². The summed E-state index contributed by atoms with van der Waals surface area (Å²) in [6.45, 7) is 8.82. The lowest BCUT2D eigenvalue weighted by molar-refractivity contribution is 0.585. The van der Waals surface area contributed by atoms with Crippen molar-refractivity contribution in [3.05, 3.63) is 131 Å². The van der Waals surface area contributed by atoms with Crippen molar-refractivity contribution in [2.45, 2.75) is 58.4 Å². The number of hydrogen-bond donors (Lipinski definition) is 0. The van der Waals surface area contributed by atoms with Crippen molar-refractivity contribution in [2.75, 3.05) is 0 Å². The minimum absolute atomic E-state index is 0.0417. The molecule has 1 atom stereocenters. The summed E-state index contributed by atoms with van der Waals surface area (Å²) < 4.78 is 2.67. The molecule has 4 heteroatoms. The molecule has 0 bridgehead atoms. The average molecular weight is 505 g/mol. The van der Waals surface area contributed by atoms with Gasteiger partial charge in [0.15, 0.2) is 4.80 Å². The van der Waals surface area contributed by atoms with Crippen LogP contribution in [0.15, 0.2) is 88.2 Å². The van der Waals surface area contributed by atoms with Gasteiger partial charge in [0, 0.05) is 5.56 Å². The van der Waals surface area contributed by atoms with Crippen molar-refractivity contribution in [1.82, 2.24) is 4.57 Å². The van der Waals surface area contributed by atoms with Crippen LogP contribution in [-0.4, -0.2) is 4.57 Å². The molecular weight excluding hydrogens is 472 g/mol. The first kappa shape index (κ1) is 23.9. The van der Waals surface area contributed by atoms with Gasteiger partial charge in [-0.25, -0.2) is 4.99 Å².